The van der Waals surface area contributed by atoms with Crippen LogP contribution in [0.1, 0.15) is 18.2 Å². The Morgan fingerprint density at radius 1 is 1.45 bits per heavy atom. The summed E-state index contributed by atoms with van der Waals surface area (Å²) in [6, 6.07) is 3.41. The first-order valence-corrected chi connectivity index (χ1v) is 7.83. The van der Waals surface area contributed by atoms with Crippen molar-refractivity contribution in [2.24, 2.45) is 0 Å². The van der Waals surface area contributed by atoms with Crippen LogP contribution in [-0.4, -0.2) is 31.3 Å². The minimum absolute atomic E-state index is 0.274. The van der Waals surface area contributed by atoms with Gasteiger partial charge in [-0.05, 0) is 18.7 Å². The number of rotatable bonds is 7. The van der Waals surface area contributed by atoms with E-state index < -0.39 is 10.0 Å². The second kappa shape index (κ2) is 6.25. The van der Waals surface area contributed by atoms with Crippen LogP contribution in [-0.2, 0) is 23.1 Å². The summed E-state index contributed by atoms with van der Waals surface area (Å²) in [5.41, 5.74) is 1.67. The number of nitrogens with zero attached hydrogens (tertiary/aromatic N) is 1. The van der Waals surface area contributed by atoms with Crippen LogP contribution in [0.25, 0.3) is 0 Å². The Kier molecular flexibility index (Phi) is 4.64. The number of aromatic amines is 1. The van der Waals surface area contributed by atoms with Gasteiger partial charge in [0.05, 0.1) is 17.4 Å². The number of hydrogen-bond donors (Lipinski definition) is 2. The highest BCUT2D eigenvalue weighted by molar-refractivity contribution is 7.89. The van der Waals surface area contributed by atoms with Crippen molar-refractivity contribution in [2.45, 2.75) is 24.9 Å². The van der Waals surface area contributed by atoms with Crippen molar-refractivity contribution in [3.8, 4) is 0 Å². The lowest BCUT2D eigenvalue weighted by Gasteiger charge is -2.14. The van der Waals surface area contributed by atoms with Gasteiger partial charge in [0.1, 0.15) is 0 Å². The average Bonchev–Trinajstić information content (AvgIpc) is 3.07. The van der Waals surface area contributed by atoms with Crippen molar-refractivity contribution in [3.05, 3.63) is 42.1 Å². The summed E-state index contributed by atoms with van der Waals surface area (Å²) >= 11 is 0. The molecule has 0 aliphatic carbocycles. The molecule has 7 heteroatoms. The number of hydrogen-bond acceptors (Lipinski definition) is 4. The van der Waals surface area contributed by atoms with E-state index in [9.17, 15) is 8.42 Å². The van der Waals surface area contributed by atoms with Gasteiger partial charge in [-0.1, -0.05) is 6.92 Å². The van der Waals surface area contributed by atoms with Crippen LogP contribution in [0.5, 0.6) is 0 Å². The summed E-state index contributed by atoms with van der Waals surface area (Å²) in [5, 5.41) is 3.14. The molecule has 0 fully saturated rings. The van der Waals surface area contributed by atoms with Gasteiger partial charge < -0.3 is 14.7 Å². The molecule has 0 radical (unpaired) electrons. The largest absolute Gasteiger partial charge is 0.472 e. The fraction of sp³-hybridized carbons (Fsp3) is 0.385. The Labute approximate surface area is 118 Å². The van der Waals surface area contributed by atoms with Gasteiger partial charge in [-0.3, -0.25) is 0 Å². The SMILES string of the molecule is CCNCc1cc(S(=O)(=O)N(C)Cc2ccoc2)c[nH]1. The predicted octanol–water partition coefficient (Wildman–Crippen LogP) is 1.54. The van der Waals surface area contributed by atoms with Crippen molar-refractivity contribution in [1.82, 2.24) is 14.6 Å². The third kappa shape index (κ3) is 3.30. The lowest BCUT2D eigenvalue weighted by atomic mass is 10.3. The lowest BCUT2D eigenvalue weighted by molar-refractivity contribution is 0.463. The van der Waals surface area contributed by atoms with Crippen LogP contribution < -0.4 is 5.32 Å². The van der Waals surface area contributed by atoms with Gasteiger partial charge in [-0.2, -0.15) is 4.31 Å². The molecule has 0 saturated heterocycles. The highest BCUT2D eigenvalue weighted by atomic mass is 32.2. The number of sulfonamides is 1. The molecule has 2 rings (SSSR count). The number of aromatic nitrogens is 1. The summed E-state index contributed by atoms with van der Waals surface area (Å²) in [6.45, 7) is 3.74. The van der Waals surface area contributed by atoms with E-state index in [2.05, 4.69) is 10.3 Å². The van der Waals surface area contributed by atoms with Crippen molar-refractivity contribution in [2.75, 3.05) is 13.6 Å². The van der Waals surface area contributed by atoms with Crippen LogP contribution >= 0.6 is 0 Å². The summed E-state index contributed by atoms with van der Waals surface area (Å²) in [7, 11) is -1.93. The summed E-state index contributed by atoms with van der Waals surface area (Å²) in [5.74, 6) is 0. The quantitative estimate of drug-likeness (QED) is 0.812. The molecule has 0 aliphatic heterocycles. The summed E-state index contributed by atoms with van der Waals surface area (Å²) in [6.07, 6.45) is 4.59. The second-order valence-corrected chi connectivity index (χ2v) is 6.58. The molecule has 110 valence electrons. The Balaban J connectivity index is 2.10. The summed E-state index contributed by atoms with van der Waals surface area (Å²) in [4.78, 5) is 3.25. The normalized spacial score (nSPS) is 12.2. The maximum atomic E-state index is 12.4. The highest BCUT2D eigenvalue weighted by Crippen LogP contribution is 2.17. The molecule has 0 aliphatic rings. The van der Waals surface area contributed by atoms with Gasteiger partial charge in [-0.25, -0.2) is 8.42 Å². The van der Waals surface area contributed by atoms with E-state index in [1.165, 1.54) is 16.8 Å². The third-order valence-corrected chi connectivity index (χ3v) is 4.76. The minimum Gasteiger partial charge on any atom is -0.472 e. The van der Waals surface area contributed by atoms with Crippen molar-refractivity contribution >= 4 is 10.0 Å². The van der Waals surface area contributed by atoms with Crippen molar-refractivity contribution in [3.63, 3.8) is 0 Å². The van der Waals surface area contributed by atoms with E-state index >= 15 is 0 Å². The fourth-order valence-corrected chi connectivity index (χ4v) is 3.01. The van der Waals surface area contributed by atoms with Gasteiger partial charge in [0.25, 0.3) is 0 Å². The highest BCUT2D eigenvalue weighted by Gasteiger charge is 2.22. The predicted molar refractivity (Wildman–Crippen MR) is 75.5 cm³/mol. The van der Waals surface area contributed by atoms with E-state index in [1.54, 1.807) is 25.4 Å². The third-order valence-electron chi connectivity index (χ3n) is 2.98. The van der Waals surface area contributed by atoms with Gasteiger partial charge in [0.15, 0.2) is 0 Å². The Morgan fingerprint density at radius 3 is 2.90 bits per heavy atom. The standard InChI is InChI=1S/C13H19N3O3S/c1-3-14-7-12-6-13(8-15-12)20(17,18)16(2)9-11-4-5-19-10-11/h4-6,8,10,14-15H,3,7,9H2,1-2H3. The van der Waals surface area contributed by atoms with Crippen molar-refractivity contribution < 1.29 is 12.8 Å². The van der Waals surface area contributed by atoms with Gasteiger partial charge in [-0.15, -0.1) is 0 Å². The Hall–Kier alpha value is -1.57. The van der Waals surface area contributed by atoms with E-state index in [4.69, 9.17) is 4.42 Å². The topological polar surface area (TPSA) is 78.3 Å². The average molecular weight is 297 g/mol. The second-order valence-electron chi connectivity index (χ2n) is 4.53. The molecule has 2 heterocycles. The van der Waals surface area contributed by atoms with E-state index in [-0.39, 0.29) is 11.4 Å². The fourth-order valence-electron chi connectivity index (χ4n) is 1.83. The van der Waals surface area contributed by atoms with Crippen LogP contribution in [0.15, 0.2) is 40.2 Å². The van der Waals surface area contributed by atoms with Crippen LogP contribution in [0.3, 0.4) is 0 Å². The maximum absolute atomic E-state index is 12.4. The summed E-state index contributed by atoms with van der Waals surface area (Å²) < 4.78 is 31.1. The molecule has 6 nitrogen and oxygen atoms in total. The zero-order chi connectivity index (χ0) is 14.6. The molecular weight excluding hydrogens is 278 g/mol. The first-order chi connectivity index (χ1) is 9.54. The Morgan fingerprint density at radius 2 is 2.25 bits per heavy atom. The molecule has 0 aromatic carbocycles. The first-order valence-electron chi connectivity index (χ1n) is 6.39. The van der Waals surface area contributed by atoms with Crippen molar-refractivity contribution in [1.29, 1.82) is 0 Å². The van der Waals surface area contributed by atoms with Gasteiger partial charge >= 0.3 is 0 Å². The molecule has 2 N–H and O–H groups in total. The monoisotopic (exact) mass is 297 g/mol. The van der Waals surface area contributed by atoms with Crippen LogP contribution in [0, 0.1) is 0 Å². The molecular formula is C13H19N3O3S. The van der Waals surface area contributed by atoms with E-state index in [0.717, 1.165) is 17.8 Å². The zero-order valence-corrected chi connectivity index (χ0v) is 12.4. The first kappa shape index (κ1) is 14.8. The van der Waals surface area contributed by atoms with Crippen LogP contribution in [0.2, 0.25) is 0 Å². The smallest absolute Gasteiger partial charge is 0.244 e. The molecule has 0 bridgehead atoms. The molecule has 2 aromatic rings. The maximum Gasteiger partial charge on any atom is 0.244 e. The molecule has 0 unspecified atom stereocenters. The molecule has 0 spiro atoms. The molecule has 0 amide bonds. The zero-order valence-electron chi connectivity index (χ0n) is 11.6. The Bertz CT molecular complexity index is 632. The number of H-pyrrole nitrogens is 1. The minimum atomic E-state index is -3.49. The van der Waals surface area contributed by atoms with Gasteiger partial charge in [0.2, 0.25) is 10.0 Å². The molecule has 0 atom stereocenters. The number of nitrogens with one attached hydrogen (secondary N) is 2. The van der Waals surface area contributed by atoms with Gasteiger partial charge in [0, 0.05) is 37.6 Å². The van der Waals surface area contributed by atoms with E-state index in [0.29, 0.717) is 6.54 Å². The molecule has 0 saturated carbocycles. The lowest BCUT2D eigenvalue weighted by Crippen LogP contribution is -2.26. The molecule has 2 aromatic heterocycles. The molecule has 20 heavy (non-hydrogen) atoms. The number of furan rings is 1. The van der Waals surface area contributed by atoms with Crippen LogP contribution in [0.4, 0.5) is 0 Å². The van der Waals surface area contributed by atoms with E-state index in [1.807, 2.05) is 6.92 Å².